The molecule has 21 heavy (non-hydrogen) atoms. The number of ether oxygens (including phenoxy) is 1. The first-order chi connectivity index (χ1) is 10.2. The van der Waals surface area contributed by atoms with Crippen molar-refractivity contribution in [3.63, 3.8) is 0 Å². The van der Waals surface area contributed by atoms with Gasteiger partial charge >= 0.3 is 0 Å². The van der Waals surface area contributed by atoms with Crippen LogP contribution in [0.3, 0.4) is 0 Å². The van der Waals surface area contributed by atoms with Crippen molar-refractivity contribution in [2.45, 2.75) is 71.6 Å². The summed E-state index contributed by atoms with van der Waals surface area (Å²) in [5, 5.41) is 7.95. The molecule has 0 amide bonds. The predicted octanol–water partition coefficient (Wildman–Crippen LogP) is 2.41. The first-order valence-corrected chi connectivity index (χ1v) is 8.40. The van der Waals surface area contributed by atoms with Gasteiger partial charge in [-0.1, -0.05) is 20.8 Å². The largest absolute Gasteiger partial charge is 0.378 e. The van der Waals surface area contributed by atoms with Crippen molar-refractivity contribution in [3.05, 3.63) is 12.2 Å². The number of likely N-dealkylation sites (N-methyl/N-ethyl adjacent to an activating group) is 1. The quantitative estimate of drug-likeness (QED) is 0.800. The minimum absolute atomic E-state index is 0.407. The molecule has 1 aromatic rings. The molecule has 2 rings (SSSR count). The molecule has 2 heterocycles. The molecule has 1 aromatic heterocycles. The molecule has 1 saturated heterocycles. The fourth-order valence-corrected chi connectivity index (χ4v) is 3.00. The molecule has 1 N–H and O–H groups in total. The van der Waals surface area contributed by atoms with Crippen LogP contribution in [0.1, 0.15) is 52.3 Å². The van der Waals surface area contributed by atoms with Gasteiger partial charge in [0.2, 0.25) is 0 Å². The fourth-order valence-electron chi connectivity index (χ4n) is 3.00. The van der Waals surface area contributed by atoms with Gasteiger partial charge in [-0.3, -0.25) is 0 Å². The molecular formula is C16H30N4O. The van der Waals surface area contributed by atoms with E-state index in [9.17, 15) is 0 Å². The molecule has 1 fully saturated rings. The van der Waals surface area contributed by atoms with E-state index in [-0.39, 0.29) is 0 Å². The Hall–Kier alpha value is -0.940. The molecule has 1 aliphatic heterocycles. The Morgan fingerprint density at radius 1 is 1.43 bits per heavy atom. The number of aromatic nitrogens is 3. The summed E-state index contributed by atoms with van der Waals surface area (Å²) in [6.45, 7) is 9.43. The van der Waals surface area contributed by atoms with Gasteiger partial charge in [0.05, 0.1) is 6.10 Å². The van der Waals surface area contributed by atoms with Crippen molar-refractivity contribution in [2.24, 2.45) is 5.92 Å². The van der Waals surface area contributed by atoms with Gasteiger partial charge in [0.25, 0.3) is 0 Å². The SMILES string of the molecule is CCNC(Cc1ncnn1CC(C)C)CC1CCCCO1. The van der Waals surface area contributed by atoms with E-state index < -0.39 is 0 Å². The Balaban J connectivity index is 1.93. The number of hydrogen-bond acceptors (Lipinski definition) is 4. The first-order valence-electron chi connectivity index (χ1n) is 8.40. The summed E-state index contributed by atoms with van der Waals surface area (Å²) < 4.78 is 7.94. The summed E-state index contributed by atoms with van der Waals surface area (Å²) >= 11 is 0. The lowest BCUT2D eigenvalue weighted by molar-refractivity contribution is 0.00518. The molecule has 2 unspecified atom stereocenters. The van der Waals surface area contributed by atoms with Crippen molar-refractivity contribution in [1.29, 1.82) is 0 Å². The molecule has 0 saturated carbocycles. The molecule has 2 atom stereocenters. The van der Waals surface area contributed by atoms with Crippen LogP contribution in [-0.2, 0) is 17.7 Å². The second-order valence-corrected chi connectivity index (χ2v) is 6.44. The van der Waals surface area contributed by atoms with Gasteiger partial charge in [-0.2, -0.15) is 5.10 Å². The molecule has 5 nitrogen and oxygen atoms in total. The average Bonchev–Trinajstić information content (AvgIpc) is 2.86. The van der Waals surface area contributed by atoms with Crippen LogP contribution in [0.4, 0.5) is 0 Å². The average molecular weight is 294 g/mol. The zero-order chi connectivity index (χ0) is 15.1. The lowest BCUT2D eigenvalue weighted by Gasteiger charge is -2.27. The lowest BCUT2D eigenvalue weighted by atomic mass is 9.99. The van der Waals surface area contributed by atoms with E-state index in [1.54, 1.807) is 6.33 Å². The standard InChI is InChI=1S/C16H30N4O/c1-4-17-14(9-15-7-5-6-8-21-15)10-16-18-12-19-20(16)11-13(2)3/h12-15,17H,4-11H2,1-3H3. The van der Waals surface area contributed by atoms with Gasteiger partial charge < -0.3 is 10.1 Å². The predicted molar refractivity (Wildman–Crippen MR) is 84.2 cm³/mol. The topological polar surface area (TPSA) is 52.0 Å². The smallest absolute Gasteiger partial charge is 0.138 e. The van der Waals surface area contributed by atoms with Gasteiger partial charge in [-0.05, 0) is 38.1 Å². The van der Waals surface area contributed by atoms with Gasteiger partial charge in [0.1, 0.15) is 12.2 Å². The van der Waals surface area contributed by atoms with Crippen molar-refractivity contribution in [3.8, 4) is 0 Å². The van der Waals surface area contributed by atoms with Crippen LogP contribution in [0.5, 0.6) is 0 Å². The Morgan fingerprint density at radius 2 is 2.29 bits per heavy atom. The van der Waals surface area contributed by atoms with Crippen LogP contribution in [0.15, 0.2) is 6.33 Å². The van der Waals surface area contributed by atoms with Crippen LogP contribution in [-0.4, -0.2) is 40.1 Å². The van der Waals surface area contributed by atoms with E-state index in [2.05, 4.69) is 40.9 Å². The first kappa shape index (κ1) is 16.4. The van der Waals surface area contributed by atoms with Crippen LogP contribution in [0.25, 0.3) is 0 Å². The van der Waals surface area contributed by atoms with Crippen molar-refractivity contribution in [2.75, 3.05) is 13.2 Å². The summed E-state index contributed by atoms with van der Waals surface area (Å²) in [4.78, 5) is 4.46. The number of hydrogen-bond donors (Lipinski definition) is 1. The normalized spacial score (nSPS) is 20.9. The maximum absolute atomic E-state index is 5.89. The highest BCUT2D eigenvalue weighted by atomic mass is 16.5. The van der Waals surface area contributed by atoms with E-state index in [4.69, 9.17) is 4.74 Å². The number of nitrogens with zero attached hydrogens (tertiary/aromatic N) is 3. The Morgan fingerprint density at radius 3 is 2.95 bits per heavy atom. The van der Waals surface area contributed by atoms with Crippen molar-refractivity contribution in [1.82, 2.24) is 20.1 Å². The van der Waals surface area contributed by atoms with Gasteiger partial charge in [-0.15, -0.1) is 0 Å². The molecule has 0 radical (unpaired) electrons. The third-order valence-electron chi connectivity index (χ3n) is 3.98. The Labute approximate surface area is 128 Å². The minimum atomic E-state index is 0.407. The summed E-state index contributed by atoms with van der Waals surface area (Å²) in [6, 6.07) is 0.424. The maximum atomic E-state index is 5.89. The minimum Gasteiger partial charge on any atom is -0.378 e. The summed E-state index contributed by atoms with van der Waals surface area (Å²) in [5.74, 6) is 1.68. The van der Waals surface area contributed by atoms with Crippen LogP contribution in [0, 0.1) is 5.92 Å². The molecule has 0 aromatic carbocycles. The van der Waals surface area contributed by atoms with Gasteiger partial charge in [0, 0.05) is 25.6 Å². The Bertz CT molecular complexity index is 399. The summed E-state index contributed by atoms with van der Waals surface area (Å²) in [5.41, 5.74) is 0. The highest BCUT2D eigenvalue weighted by molar-refractivity contribution is 4.91. The van der Waals surface area contributed by atoms with E-state index in [0.717, 1.165) is 38.4 Å². The van der Waals surface area contributed by atoms with E-state index in [1.165, 1.54) is 19.3 Å². The van der Waals surface area contributed by atoms with E-state index in [1.807, 2.05) is 0 Å². The van der Waals surface area contributed by atoms with Crippen LogP contribution < -0.4 is 5.32 Å². The molecule has 5 heteroatoms. The van der Waals surface area contributed by atoms with Crippen molar-refractivity contribution >= 4 is 0 Å². The highest BCUT2D eigenvalue weighted by Gasteiger charge is 2.21. The second kappa shape index (κ2) is 8.49. The van der Waals surface area contributed by atoms with E-state index in [0.29, 0.717) is 18.1 Å². The summed E-state index contributed by atoms with van der Waals surface area (Å²) in [7, 11) is 0. The molecular weight excluding hydrogens is 264 g/mol. The molecule has 0 bridgehead atoms. The van der Waals surface area contributed by atoms with Crippen LogP contribution >= 0.6 is 0 Å². The third-order valence-corrected chi connectivity index (χ3v) is 3.98. The maximum Gasteiger partial charge on any atom is 0.138 e. The fraction of sp³-hybridized carbons (Fsp3) is 0.875. The third kappa shape index (κ3) is 5.40. The molecule has 120 valence electrons. The lowest BCUT2D eigenvalue weighted by Crippen LogP contribution is -2.37. The molecule has 0 aliphatic carbocycles. The van der Waals surface area contributed by atoms with Gasteiger partial charge in [0.15, 0.2) is 0 Å². The zero-order valence-corrected chi connectivity index (χ0v) is 13.7. The Kier molecular flexibility index (Phi) is 6.64. The number of nitrogens with one attached hydrogen (secondary N) is 1. The molecule has 1 aliphatic rings. The summed E-state index contributed by atoms with van der Waals surface area (Å²) in [6.07, 6.45) is 7.79. The second-order valence-electron chi connectivity index (χ2n) is 6.44. The zero-order valence-electron chi connectivity index (χ0n) is 13.7. The van der Waals surface area contributed by atoms with E-state index >= 15 is 0 Å². The highest BCUT2D eigenvalue weighted by Crippen LogP contribution is 2.18. The molecule has 0 spiro atoms. The monoisotopic (exact) mass is 294 g/mol. The number of rotatable bonds is 8. The van der Waals surface area contributed by atoms with Gasteiger partial charge in [-0.25, -0.2) is 9.67 Å². The van der Waals surface area contributed by atoms with Crippen molar-refractivity contribution < 1.29 is 4.74 Å². The van der Waals surface area contributed by atoms with Crippen LogP contribution in [0.2, 0.25) is 0 Å².